The van der Waals surface area contributed by atoms with Crippen LogP contribution in [0.5, 0.6) is 0 Å². The average Bonchev–Trinajstić information content (AvgIpc) is 1.99. The molecule has 0 saturated heterocycles. The third-order valence-corrected chi connectivity index (χ3v) is 0.968. The van der Waals surface area contributed by atoms with Crippen molar-refractivity contribution < 1.29 is 14.6 Å². The predicted octanol–water partition coefficient (Wildman–Crippen LogP) is 1.18. The molecule has 1 N–H and O–H groups in total. The maximum Gasteiger partial charge on any atom is 0.337 e. The molecule has 0 aromatic heterocycles. The molecule has 0 aromatic rings. The summed E-state index contributed by atoms with van der Waals surface area (Å²) < 4.78 is 4.34. The van der Waals surface area contributed by atoms with Gasteiger partial charge in [0.15, 0.2) is 0 Å². The van der Waals surface area contributed by atoms with Crippen LogP contribution in [0.3, 0.4) is 0 Å². The molecular weight excluding hydrogens is 132 g/mol. The number of esters is 1. The van der Waals surface area contributed by atoms with Crippen molar-refractivity contribution in [2.75, 3.05) is 7.11 Å². The Balaban J connectivity index is 4.08. The van der Waals surface area contributed by atoms with Gasteiger partial charge in [-0.15, -0.1) is 6.58 Å². The van der Waals surface area contributed by atoms with E-state index < -0.39 is 5.97 Å². The zero-order valence-corrected chi connectivity index (χ0v) is 5.83. The predicted molar refractivity (Wildman–Crippen MR) is 37.5 cm³/mol. The van der Waals surface area contributed by atoms with Gasteiger partial charge in [-0.25, -0.2) is 4.79 Å². The highest BCUT2D eigenvalue weighted by atomic mass is 16.5. The fourth-order valence-corrected chi connectivity index (χ4v) is 0.475. The smallest absolute Gasteiger partial charge is 0.337 e. The molecule has 0 bridgehead atoms. The lowest BCUT2D eigenvalue weighted by Gasteiger charge is -1.98. The molecule has 0 amide bonds. The lowest BCUT2D eigenvalue weighted by atomic mass is 10.2. The van der Waals surface area contributed by atoms with E-state index in [9.17, 15) is 4.79 Å². The Kier molecular flexibility index (Phi) is 4.04. The summed E-state index contributed by atoms with van der Waals surface area (Å²) >= 11 is 0. The Hall–Kier alpha value is -1.25. The minimum atomic E-state index is -0.526. The molecule has 0 spiro atoms. The van der Waals surface area contributed by atoms with E-state index in [-0.39, 0.29) is 5.57 Å². The molecule has 0 rings (SSSR count). The van der Waals surface area contributed by atoms with Crippen LogP contribution in [0.4, 0.5) is 0 Å². The number of hydrogen-bond donors (Lipinski definition) is 1. The first-order valence-electron chi connectivity index (χ1n) is 2.78. The van der Waals surface area contributed by atoms with Crippen molar-refractivity contribution in [3.63, 3.8) is 0 Å². The SMILES string of the molecule is C=CC/C(=C\O)C(=O)OC. The van der Waals surface area contributed by atoms with E-state index >= 15 is 0 Å². The Morgan fingerprint density at radius 1 is 1.80 bits per heavy atom. The molecule has 0 aromatic carbocycles. The van der Waals surface area contributed by atoms with Gasteiger partial charge in [-0.05, 0) is 0 Å². The summed E-state index contributed by atoms with van der Waals surface area (Å²) in [7, 11) is 1.26. The van der Waals surface area contributed by atoms with E-state index in [4.69, 9.17) is 5.11 Å². The number of aliphatic hydroxyl groups excluding tert-OH is 1. The van der Waals surface area contributed by atoms with E-state index in [0.717, 1.165) is 6.26 Å². The third-order valence-electron chi connectivity index (χ3n) is 0.968. The van der Waals surface area contributed by atoms with Gasteiger partial charge in [-0.3, -0.25) is 0 Å². The van der Waals surface area contributed by atoms with Crippen LogP contribution in [0.2, 0.25) is 0 Å². The molecule has 0 atom stereocenters. The number of carbonyl (C=O) groups excluding carboxylic acids is 1. The summed E-state index contributed by atoms with van der Waals surface area (Å²) in [5.74, 6) is -0.526. The molecule has 0 aliphatic rings. The van der Waals surface area contributed by atoms with Gasteiger partial charge >= 0.3 is 5.97 Å². The first-order chi connectivity index (χ1) is 4.76. The average molecular weight is 142 g/mol. The van der Waals surface area contributed by atoms with Crippen LogP contribution in [0.15, 0.2) is 24.5 Å². The molecule has 0 heterocycles. The normalized spacial score (nSPS) is 10.7. The van der Waals surface area contributed by atoms with Gasteiger partial charge in [0, 0.05) is 6.42 Å². The summed E-state index contributed by atoms with van der Waals surface area (Å²) in [6.07, 6.45) is 2.57. The van der Waals surface area contributed by atoms with E-state index in [1.165, 1.54) is 13.2 Å². The molecule has 0 fully saturated rings. The summed E-state index contributed by atoms with van der Waals surface area (Å²) in [6.45, 7) is 3.41. The minimum absolute atomic E-state index is 0.206. The van der Waals surface area contributed by atoms with Gasteiger partial charge in [0.05, 0.1) is 18.9 Å². The van der Waals surface area contributed by atoms with Gasteiger partial charge in [-0.2, -0.15) is 0 Å². The third kappa shape index (κ3) is 2.35. The molecule has 10 heavy (non-hydrogen) atoms. The monoisotopic (exact) mass is 142 g/mol. The highest BCUT2D eigenvalue weighted by molar-refractivity contribution is 5.88. The number of rotatable bonds is 3. The second-order valence-corrected chi connectivity index (χ2v) is 1.64. The Bertz CT molecular complexity index is 158. The van der Waals surface area contributed by atoms with Crippen LogP contribution in [0.1, 0.15) is 6.42 Å². The Morgan fingerprint density at radius 3 is 2.70 bits per heavy atom. The number of allylic oxidation sites excluding steroid dienone is 1. The van der Waals surface area contributed by atoms with Crippen molar-refractivity contribution in [2.24, 2.45) is 0 Å². The van der Waals surface area contributed by atoms with Crippen molar-refractivity contribution in [1.29, 1.82) is 0 Å². The molecule has 0 aliphatic heterocycles. The topological polar surface area (TPSA) is 46.5 Å². The molecule has 0 unspecified atom stereocenters. The highest BCUT2D eigenvalue weighted by Gasteiger charge is 2.05. The maximum absolute atomic E-state index is 10.6. The first-order valence-corrected chi connectivity index (χ1v) is 2.78. The van der Waals surface area contributed by atoms with Crippen LogP contribution >= 0.6 is 0 Å². The zero-order chi connectivity index (χ0) is 7.98. The van der Waals surface area contributed by atoms with Gasteiger partial charge in [0.25, 0.3) is 0 Å². The highest BCUT2D eigenvalue weighted by Crippen LogP contribution is 2.01. The van der Waals surface area contributed by atoms with Crippen LogP contribution in [0.25, 0.3) is 0 Å². The molecule has 0 aliphatic carbocycles. The zero-order valence-electron chi connectivity index (χ0n) is 5.83. The van der Waals surface area contributed by atoms with Crippen molar-refractivity contribution in [2.45, 2.75) is 6.42 Å². The van der Waals surface area contributed by atoms with Crippen molar-refractivity contribution in [3.05, 3.63) is 24.5 Å². The van der Waals surface area contributed by atoms with E-state index in [1.807, 2.05) is 0 Å². The van der Waals surface area contributed by atoms with E-state index in [1.54, 1.807) is 0 Å². The van der Waals surface area contributed by atoms with Crippen LogP contribution in [-0.4, -0.2) is 18.2 Å². The van der Waals surface area contributed by atoms with Gasteiger partial charge in [-0.1, -0.05) is 6.08 Å². The van der Waals surface area contributed by atoms with Crippen molar-refractivity contribution in [1.82, 2.24) is 0 Å². The van der Waals surface area contributed by atoms with Crippen molar-refractivity contribution in [3.8, 4) is 0 Å². The Labute approximate surface area is 59.6 Å². The van der Waals surface area contributed by atoms with Crippen LogP contribution in [0, 0.1) is 0 Å². The van der Waals surface area contributed by atoms with Gasteiger partial charge in [0.2, 0.25) is 0 Å². The first kappa shape index (κ1) is 8.75. The molecule has 0 radical (unpaired) electrons. The number of aliphatic hydroxyl groups is 1. The van der Waals surface area contributed by atoms with Gasteiger partial charge < -0.3 is 9.84 Å². The van der Waals surface area contributed by atoms with Crippen LogP contribution < -0.4 is 0 Å². The number of hydrogen-bond acceptors (Lipinski definition) is 3. The van der Waals surface area contributed by atoms with Crippen molar-refractivity contribution >= 4 is 5.97 Å². The second kappa shape index (κ2) is 4.61. The number of methoxy groups -OCH3 is 1. The molecule has 56 valence electrons. The minimum Gasteiger partial charge on any atom is -0.515 e. The summed E-state index contributed by atoms with van der Waals surface area (Å²) in [4.78, 5) is 10.6. The van der Waals surface area contributed by atoms with Crippen LogP contribution in [-0.2, 0) is 9.53 Å². The van der Waals surface area contributed by atoms with E-state index in [0.29, 0.717) is 6.42 Å². The molecular formula is C7H10O3. The maximum atomic E-state index is 10.6. The fraction of sp³-hybridized carbons (Fsp3) is 0.286. The summed E-state index contributed by atoms with van der Waals surface area (Å²) in [5, 5.41) is 8.45. The van der Waals surface area contributed by atoms with Gasteiger partial charge in [0.1, 0.15) is 0 Å². The lowest BCUT2D eigenvalue weighted by molar-refractivity contribution is -0.136. The number of ether oxygens (including phenoxy) is 1. The Morgan fingerprint density at radius 2 is 2.40 bits per heavy atom. The lowest BCUT2D eigenvalue weighted by Crippen LogP contribution is -2.03. The summed E-state index contributed by atoms with van der Waals surface area (Å²) in [6, 6.07) is 0. The number of carbonyl (C=O) groups is 1. The molecule has 0 saturated carbocycles. The largest absolute Gasteiger partial charge is 0.515 e. The fourth-order valence-electron chi connectivity index (χ4n) is 0.475. The second-order valence-electron chi connectivity index (χ2n) is 1.64. The standard InChI is InChI=1S/C7H10O3/c1-3-4-6(5-8)7(9)10-2/h3,5,8H,1,4H2,2H3/b6-5+. The molecule has 3 nitrogen and oxygen atoms in total. The molecule has 3 heteroatoms. The quantitative estimate of drug-likeness (QED) is 0.278. The summed E-state index contributed by atoms with van der Waals surface area (Å²) in [5.41, 5.74) is 0.206. The van der Waals surface area contributed by atoms with E-state index in [2.05, 4.69) is 11.3 Å².